The molecule has 158 valence electrons. The van der Waals surface area contributed by atoms with Gasteiger partial charge in [0.15, 0.2) is 0 Å². The van der Waals surface area contributed by atoms with Crippen LogP contribution in [0.5, 0.6) is 0 Å². The quantitative estimate of drug-likeness (QED) is 0.236. The molecule has 0 atom stereocenters. The molecule has 1 N–H and O–H groups in total. The number of halogens is 2. The van der Waals surface area contributed by atoms with E-state index in [1.807, 2.05) is 67.6 Å². The molecule has 0 unspecified atom stereocenters. The lowest BCUT2D eigenvalue weighted by Crippen LogP contribution is -2.13. The van der Waals surface area contributed by atoms with Crippen molar-refractivity contribution in [1.29, 1.82) is 5.26 Å². The molecular formula is C26H19BrClN3O. The first-order chi connectivity index (χ1) is 15.5. The zero-order valence-electron chi connectivity index (χ0n) is 17.3. The van der Waals surface area contributed by atoms with Gasteiger partial charge in [-0.15, -0.1) is 0 Å². The van der Waals surface area contributed by atoms with E-state index < -0.39 is 5.91 Å². The minimum Gasteiger partial charge on any atom is -0.340 e. The summed E-state index contributed by atoms with van der Waals surface area (Å²) in [6, 6.07) is 25.0. The molecule has 0 bridgehead atoms. The average Bonchev–Trinajstić information content (AvgIpc) is 3.04. The number of fused-ring (bicyclic) bond motifs is 1. The monoisotopic (exact) mass is 503 g/mol. The molecule has 0 saturated carbocycles. The molecule has 0 radical (unpaired) electrons. The Labute approximate surface area is 199 Å². The van der Waals surface area contributed by atoms with Crippen molar-refractivity contribution in [3.63, 3.8) is 0 Å². The number of amides is 1. The number of hydrogen-bond donors (Lipinski definition) is 1. The van der Waals surface area contributed by atoms with Crippen LogP contribution >= 0.6 is 27.5 Å². The smallest absolute Gasteiger partial charge is 0.266 e. The number of aromatic nitrogens is 1. The number of para-hydroxylation sites is 1. The van der Waals surface area contributed by atoms with Crippen LogP contribution in [0, 0.1) is 18.3 Å². The van der Waals surface area contributed by atoms with E-state index in [9.17, 15) is 10.1 Å². The van der Waals surface area contributed by atoms with Gasteiger partial charge in [-0.25, -0.2) is 0 Å². The fourth-order valence-electron chi connectivity index (χ4n) is 3.70. The molecule has 4 aromatic rings. The van der Waals surface area contributed by atoms with Crippen molar-refractivity contribution in [2.24, 2.45) is 0 Å². The van der Waals surface area contributed by atoms with Crippen LogP contribution in [-0.2, 0) is 11.3 Å². The summed E-state index contributed by atoms with van der Waals surface area (Å²) in [5, 5.41) is 14.2. The first-order valence-corrected chi connectivity index (χ1v) is 11.1. The number of carbonyl (C=O) groups is 1. The highest BCUT2D eigenvalue weighted by molar-refractivity contribution is 9.10. The number of hydrogen-bond acceptors (Lipinski definition) is 2. The Bertz CT molecular complexity index is 1400. The van der Waals surface area contributed by atoms with E-state index in [0.717, 1.165) is 32.2 Å². The van der Waals surface area contributed by atoms with E-state index in [1.54, 1.807) is 18.2 Å². The second kappa shape index (κ2) is 9.44. The molecule has 1 heterocycles. The van der Waals surface area contributed by atoms with Gasteiger partial charge in [0.25, 0.3) is 5.91 Å². The lowest BCUT2D eigenvalue weighted by molar-refractivity contribution is -0.112. The maximum absolute atomic E-state index is 12.8. The minimum absolute atomic E-state index is 0.0359. The molecule has 1 aromatic heterocycles. The summed E-state index contributed by atoms with van der Waals surface area (Å²) in [6.45, 7) is 2.58. The zero-order chi connectivity index (χ0) is 22.7. The molecule has 0 spiro atoms. The van der Waals surface area contributed by atoms with Crippen molar-refractivity contribution in [1.82, 2.24) is 4.57 Å². The average molecular weight is 505 g/mol. The second-order valence-corrected chi connectivity index (χ2v) is 8.65. The van der Waals surface area contributed by atoms with Gasteiger partial charge in [-0.2, -0.15) is 5.26 Å². The molecule has 32 heavy (non-hydrogen) atoms. The number of nitrogens with zero attached hydrogens (tertiary/aromatic N) is 2. The third-order valence-electron chi connectivity index (χ3n) is 5.30. The Morgan fingerprint density at radius 2 is 1.88 bits per heavy atom. The van der Waals surface area contributed by atoms with Crippen LogP contribution < -0.4 is 5.32 Å². The lowest BCUT2D eigenvalue weighted by Gasteiger charge is -2.10. The van der Waals surface area contributed by atoms with Crippen LogP contribution in [0.1, 0.15) is 16.8 Å². The van der Waals surface area contributed by atoms with E-state index in [0.29, 0.717) is 17.3 Å². The Hall–Kier alpha value is -3.33. The SMILES string of the molecule is Cc1c(/C=C(/C#N)C(=O)Nc2cccc(Br)c2)c2ccccc2n1Cc1ccccc1Cl. The van der Waals surface area contributed by atoms with Gasteiger partial charge >= 0.3 is 0 Å². The maximum Gasteiger partial charge on any atom is 0.266 e. The van der Waals surface area contributed by atoms with Gasteiger partial charge in [0.05, 0.1) is 0 Å². The summed E-state index contributed by atoms with van der Waals surface area (Å²) in [6.07, 6.45) is 1.66. The fourth-order valence-corrected chi connectivity index (χ4v) is 4.29. The van der Waals surface area contributed by atoms with Gasteiger partial charge in [0.1, 0.15) is 11.6 Å². The summed E-state index contributed by atoms with van der Waals surface area (Å²) in [5.41, 5.74) is 4.46. The first-order valence-electron chi connectivity index (χ1n) is 9.98. The number of rotatable bonds is 5. The summed E-state index contributed by atoms with van der Waals surface area (Å²) in [5.74, 6) is -0.451. The number of benzene rings is 3. The molecular weight excluding hydrogens is 486 g/mol. The lowest BCUT2D eigenvalue weighted by atomic mass is 10.1. The number of nitriles is 1. The van der Waals surface area contributed by atoms with Crippen LogP contribution in [-0.4, -0.2) is 10.5 Å². The first kappa shape index (κ1) is 21.9. The molecule has 4 rings (SSSR count). The highest BCUT2D eigenvalue weighted by Gasteiger charge is 2.17. The second-order valence-electron chi connectivity index (χ2n) is 7.33. The minimum atomic E-state index is -0.451. The van der Waals surface area contributed by atoms with E-state index in [1.165, 1.54) is 0 Å². The van der Waals surface area contributed by atoms with E-state index >= 15 is 0 Å². The summed E-state index contributed by atoms with van der Waals surface area (Å²) < 4.78 is 3.00. The number of nitrogens with one attached hydrogen (secondary N) is 1. The zero-order valence-corrected chi connectivity index (χ0v) is 19.6. The van der Waals surface area contributed by atoms with Crippen LogP contribution in [0.25, 0.3) is 17.0 Å². The van der Waals surface area contributed by atoms with E-state index in [4.69, 9.17) is 11.6 Å². The third-order valence-corrected chi connectivity index (χ3v) is 6.16. The summed E-state index contributed by atoms with van der Waals surface area (Å²) >= 11 is 9.78. The fraction of sp³-hybridized carbons (Fsp3) is 0.0769. The van der Waals surface area contributed by atoms with Crippen LogP contribution in [0.4, 0.5) is 5.69 Å². The normalized spacial score (nSPS) is 11.4. The molecule has 3 aromatic carbocycles. The number of carbonyl (C=O) groups excluding carboxylic acids is 1. The van der Waals surface area contributed by atoms with Gasteiger partial charge in [-0.1, -0.05) is 70.0 Å². The van der Waals surface area contributed by atoms with Crippen LogP contribution in [0.2, 0.25) is 5.02 Å². The van der Waals surface area contributed by atoms with Crippen molar-refractivity contribution < 1.29 is 4.79 Å². The highest BCUT2D eigenvalue weighted by atomic mass is 79.9. The predicted molar refractivity (Wildman–Crippen MR) is 134 cm³/mol. The molecule has 4 nitrogen and oxygen atoms in total. The topological polar surface area (TPSA) is 57.8 Å². The summed E-state index contributed by atoms with van der Waals surface area (Å²) in [4.78, 5) is 12.8. The van der Waals surface area contributed by atoms with Crippen molar-refractivity contribution in [3.05, 3.63) is 105 Å². The predicted octanol–water partition coefficient (Wildman–Crippen LogP) is 6.96. The Morgan fingerprint density at radius 1 is 1.12 bits per heavy atom. The van der Waals surface area contributed by atoms with Crippen molar-refractivity contribution in [2.75, 3.05) is 5.32 Å². The maximum atomic E-state index is 12.8. The van der Waals surface area contributed by atoms with Crippen LogP contribution in [0.3, 0.4) is 0 Å². The molecule has 0 fully saturated rings. The molecule has 1 amide bonds. The highest BCUT2D eigenvalue weighted by Crippen LogP contribution is 2.30. The van der Waals surface area contributed by atoms with E-state index in [2.05, 4.69) is 31.9 Å². The Kier molecular flexibility index (Phi) is 6.45. The number of anilines is 1. The van der Waals surface area contributed by atoms with Gasteiger partial charge < -0.3 is 9.88 Å². The van der Waals surface area contributed by atoms with Gasteiger partial charge in [-0.3, -0.25) is 4.79 Å². The molecule has 0 aliphatic rings. The van der Waals surface area contributed by atoms with Crippen molar-refractivity contribution in [3.8, 4) is 6.07 Å². The third kappa shape index (κ3) is 4.47. The van der Waals surface area contributed by atoms with Gasteiger partial charge in [-0.05, 0) is 48.9 Å². The van der Waals surface area contributed by atoms with Crippen molar-refractivity contribution in [2.45, 2.75) is 13.5 Å². The van der Waals surface area contributed by atoms with Gasteiger partial charge in [0.2, 0.25) is 0 Å². The molecule has 0 saturated heterocycles. The standard InChI is InChI=1S/C26H19BrClN3O/c1-17-23(13-19(15-29)26(32)30-21-9-6-8-20(27)14-21)22-10-3-5-12-25(22)31(17)16-18-7-2-4-11-24(18)28/h2-14H,16H2,1H3,(H,30,32)/b19-13-. The summed E-state index contributed by atoms with van der Waals surface area (Å²) in [7, 11) is 0. The Morgan fingerprint density at radius 3 is 2.62 bits per heavy atom. The molecule has 6 heteroatoms. The van der Waals surface area contributed by atoms with Gasteiger partial charge in [0, 0.05) is 43.9 Å². The largest absolute Gasteiger partial charge is 0.340 e. The van der Waals surface area contributed by atoms with Crippen molar-refractivity contribution >= 4 is 56.1 Å². The molecule has 0 aliphatic heterocycles. The van der Waals surface area contributed by atoms with E-state index in [-0.39, 0.29) is 5.57 Å². The molecule has 0 aliphatic carbocycles. The van der Waals surface area contributed by atoms with Crippen LogP contribution in [0.15, 0.2) is 82.8 Å². The Balaban J connectivity index is 1.76.